The van der Waals surface area contributed by atoms with Crippen molar-refractivity contribution < 1.29 is 18.7 Å². The van der Waals surface area contributed by atoms with E-state index in [9.17, 15) is 14.0 Å². The Morgan fingerprint density at radius 3 is 2.41 bits per heavy atom. The van der Waals surface area contributed by atoms with Crippen molar-refractivity contribution in [2.24, 2.45) is 0 Å². The molecule has 0 radical (unpaired) electrons. The summed E-state index contributed by atoms with van der Waals surface area (Å²) < 4.78 is 20.7. The van der Waals surface area contributed by atoms with E-state index in [1.165, 1.54) is 28.0 Å². The quantitative estimate of drug-likeness (QED) is 0.637. The van der Waals surface area contributed by atoms with E-state index in [1.54, 1.807) is 43.4 Å². The van der Waals surface area contributed by atoms with Gasteiger partial charge in [0.15, 0.2) is 0 Å². The minimum Gasteiger partial charge on any atom is -0.338 e. The molecule has 0 fully saturated rings. The zero-order valence-electron chi connectivity index (χ0n) is 15.6. The van der Waals surface area contributed by atoms with Crippen LogP contribution in [0.1, 0.15) is 21.5 Å². The summed E-state index contributed by atoms with van der Waals surface area (Å²) in [6.45, 7) is 0.158. The second kappa shape index (κ2) is 6.25. The summed E-state index contributed by atoms with van der Waals surface area (Å²) in [4.78, 5) is 29.9. The minimum absolute atomic E-state index is 0.119. The smallest absolute Gasteiger partial charge is 0.285 e. The van der Waals surface area contributed by atoms with E-state index in [4.69, 9.17) is 4.74 Å². The number of benzene rings is 3. The van der Waals surface area contributed by atoms with Gasteiger partial charge in [-0.05, 0) is 24.3 Å². The Bertz CT molecular complexity index is 1160. The summed E-state index contributed by atoms with van der Waals surface area (Å²) in [6.07, 6.45) is 0. The molecule has 1 atom stereocenters. The highest BCUT2D eigenvalue weighted by atomic mass is 19.1. The fraction of sp³-hybridized carbons (Fsp3) is 0.130. The molecule has 144 valence electrons. The molecule has 0 aromatic heterocycles. The first kappa shape index (κ1) is 17.6. The van der Waals surface area contributed by atoms with Crippen LogP contribution in [0.2, 0.25) is 0 Å². The largest absolute Gasteiger partial charge is 0.338 e. The third kappa shape index (κ3) is 2.29. The van der Waals surface area contributed by atoms with E-state index >= 15 is 0 Å². The molecular formula is C23H17FN2O3. The van der Waals surface area contributed by atoms with Gasteiger partial charge < -0.3 is 9.64 Å². The Morgan fingerprint density at radius 2 is 1.62 bits per heavy atom. The molecule has 3 aromatic carbocycles. The number of amides is 2. The lowest BCUT2D eigenvalue weighted by atomic mass is 9.96. The molecule has 0 bridgehead atoms. The first-order chi connectivity index (χ1) is 14.1. The number of hydrogen-bond donors (Lipinski definition) is 0. The predicted molar refractivity (Wildman–Crippen MR) is 106 cm³/mol. The van der Waals surface area contributed by atoms with E-state index in [0.717, 1.165) is 5.56 Å². The molecule has 2 aliphatic heterocycles. The van der Waals surface area contributed by atoms with Crippen LogP contribution >= 0.6 is 0 Å². The van der Waals surface area contributed by atoms with Crippen molar-refractivity contribution in [2.45, 2.75) is 12.3 Å². The van der Waals surface area contributed by atoms with Crippen LogP contribution in [0.5, 0.6) is 0 Å². The lowest BCUT2D eigenvalue weighted by molar-refractivity contribution is -0.146. The molecule has 2 heterocycles. The number of fused-ring (bicyclic) bond motifs is 3. The fourth-order valence-corrected chi connectivity index (χ4v) is 4.14. The number of hydrogen-bond acceptors (Lipinski definition) is 3. The van der Waals surface area contributed by atoms with Crippen LogP contribution in [-0.4, -0.2) is 18.9 Å². The Hall–Kier alpha value is -3.51. The second-order valence-electron chi connectivity index (χ2n) is 7.06. The van der Waals surface area contributed by atoms with Crippen LogP contribution in [0.3, 0.4) is 0 Å². The Balaban J connectivity index is 1.80. The van der Waals surface area contributed by atoms with Gasteiger partial charge in [-0.3, -0.25) is 14.5 Å². The third-order valence-corrected chi connectivity index (χ3v) is 5.52. The normalized spacial score (nSPS) is 20.0. The molecule has 6 heteroatoms. The number of nitrogens with zero attached hydrogens (tertiary/aromatic N) is 2. The highest BCUT2D eigenvalue weighted by molar-refractivity contribution is 6.17. The van der Waals surface area contributed by atoms with Crippen molar-refractivity contribution in [1.82, 2.24) is 0 Å². The molecule has 0 unspecified atom stereocenters. The van der Waals surface area contributed by atoms with Gasteiger partial charge in [0, 0.05) is 18.2 Å². The van der Waals surface area contributed by atoms with Gasteiger partial charge in [0.2, 0.25) is 0 Å². The zero-order chi connectivity index (χ0) is 20.2. The van der Waals surface area contributed by atoms with Crippen LogP contribution in [0.25, 0.3) is 0 Å². The van der Waals surface area contributed by atoms with Crippen LogP contribution < -0.4 is 9.80 Å². The standard InChI is InChI=1S/C23H17FN2O3/c1-25-20-13-7-4-10-17(20)23(22(25)28)26(19-12-6-2-8-15(19)14-29-23)21(27)16-9-3-5-11-18(16)24/h2-13H,14H2,1H3/t23-/m1/s1. The molecule has 5 nitrogen and oxygen atoms in total. The third-order valence-electron chi connectivity index (χ3n) is 5.52. The van der Waals surface area contributed by atoms with Gasteiger partial charge in [0.05, 0.1) is 23.5 Å². The van der Waals surface area contributed by atoms with Crippen molar-refractivity contribution in [3.05, 3.63) is 95.3 Å². The van der Waals surface area contributed by atoms with E-state index in [2.05, 4.69) is 0 Å². The number of ether oxygens (including phenoxy) is 1. The number of likely N-dealkylation sites (N-methyl/N-ethyl adjacent to an activating group) is 1. The Morgan fingerprint density at radius 1 is 0.966 bits per heavy atom. The van der Waals surface area contributed by atoms with E-state index in [0.29, 0.717) is 16.9 Å². The lowest BCUT2D eigenvalue weighted by Crippen LogP contribution is -2.59. The van der Waals surface area contributed by atoms with Crippen molar-refractivity contribution in [3.8, 4) is 0 Å². The maximum Gasteiger partial charge on any atom is 0.285 e. The molecule has 0 saturated carbocycles. The van der Waals surface area contributed by atoms with E-state index < -0.39 is 23.4 Å². The van der Waals surface area contributed by atoms with E-state index in [1.807, 2.05) is 18.2 Å². The molecule has 2 aliphatic rings. The first-order valence-electron chi connectivity index (χ1n) is 9.24. The van der Waals surface area contributed by atoms with Gasteiger partial charge in [-0.25, -0.2) is 4.39 Å². The number of carbonyl (C=O) groups is 2. The highest BCUT2D eigenvalue weighted by Crippen LogP contribution is 2.50. The molecule has 1 spiro atoms. The minimum atomic E-state index is -1.68. The van der Waals surface area contributed by atoms with Gasteiger partial charge in [0.25, 0.3) is 17.5 Å². The number of carbonyl (C=O) groups excluding carboxylic acids is 2. The summed E-state index contributed by atoms with van der Waals surface area (Å²) in [6, 6.07) is 20.2. The van der Waals surface area contributed by atoms with Crippen molar-refractivity contribution in [1.29, 1.82) is 0 Å². The number of halogens is 1. The molecule has 2 amide bonds. The molecule has 3 aromatic rings. The monoisotopic (exact) mass is 388 g/mol. The average Bonchev–Trinajstić information content (AvgIpc) is 2.96. The SMILES string of the molecule is CN1C(=O)[C@]2(OCc3ccccc3N2C(=O)c2ccccc2F)c2ccccc21. The van der Waals surface area contributed by atoms with Crippen molar-refractivity contribution in [2.75, 3.05) is 16.8 Å². The Labute approximate surface area is 166 Å². The van der Waals surface area contributed by atoms with Crippen LogP contribution in [0, 0.1) is 5.82 Å². The van der Waals surface area contributed by atoms with Crippen LogP contribution in [0.15, 0.2) is 72.8 Å². The van der Waals surface area contributed by atoms with Gasteiger partial charge in [-0.15, -0.1) is 0 Å². The molecule has 29 heavy (non-hydrogen) atoms. The predicted octanol–water partition coefficient (Wildman–Crippen LogP) is 3.83. The maximum absolute atomic E-state index is 14.5. The Kier molecular flexibility index (Phi) is 3.79. The number of anilines is 2. The summed E-state index contributed by atoms with van der Waals surface area (Å²) in [7, 11) is 1.64. The van der Waals surface area contributed by atoms with Gasteiger partial charge in [0.1, 0.15) is 5.82 Å². The molecular weight excluding hydrogens is 371 g/mol. The van der Waals surface area contributed by atoms with Crippen molar-refractivity contribution >= 4 is 23.2 Å². The molecule has 0 N–H and O–H groups in total. The lowest BCUT2D eigenvalue weighted by Gasteiger charge is -2.43. The summed E-state index contributed by atoms with van der Waals surface area (Å²) in [5.74, 6) is -1.67. The molecule has 0 saturated heterocycles. The second-order valence-corrected chi connectivity index (χ2v) is 7.06. The first-order valence-corrected chi connectivity index (χ1v) is 9.24. The van der Waals surface area contributed by atoms with Gasteiger partial charge in [-0.2, -0.15) is 0 Å². The van der Waals surface area contributed by atoms with Crippen molar-refractivity contribution in [3.63, 3.8) is 0 Å². The zero-order valence-corrected chi connectivity index (χ0v) is 15.6. The summed E-state index contributed by atoms with van der Waals surface area (Å²) in [5.41, 5.74) is 0.703. The summed E-state index contributed by atoms with van der Waals surface area (Å²) >= 11 is 0. The fourth-order valence-electron chi connectivity index (χ4n) is 4.14. The molecule has 0 aliphatic carbocycles. The van der Waals surface area contributed by atoms with Crippen LogP contribution in [0.4, 0.5) is 15.8 Å². The number of rotatable bonds is 1. The highest BCUT2D eigenvalue weighted by Gasteiger charge is 2.59. The topological polar surface area (TPSA) is 49.9 Å². The van der Waals surface area contributed by atoms with Gasteiger partial charge >= 0.3 is 0 Å². The van der Waals surface area contributed by atoms with E-state index in [-0.39, 0.29) is 12.2 Å². The van der Waals surface area contributed by atoms with Crippen LogP contribution in [-0.2, 0) is 21.9 Å². The molecule has 5 rings (SSSR count). The summed E-state index contributed by atoms with van der Waals surface area (Å²) in [5, 5.41) is 0. The average molecular weight is 388 g/mol. The number of para-hydroxylation sites is 2. The van der Waals surface area contributed by atoms with Gasteiger partial charge in [-0.1, -0.05) is 48.5 Å². The maximum atomic E-state index is 14.5.